The van der Waals surface area contributed by atoms with Gasteiger partial charge in [0.2, 0.25) is 11.8 Å². The van der Waals surface area contributed by atoms with Crippen molar-refractivity contribution in [1.29, 1.82) is 0 Å². The minimum atomic E-state index is -0.570. The van der Waals surface area contributed by atoms with Crippen molar-refractivity contribution in [2.24, 2.45) is 11.8 Å². The van der Waals surface area contributed by atoms with E-state index in [1.54, 1.807) is 49.4 Å². The molecule has 32 heavy (non-hydrogen) atoms. The molecule has 1 fully saturated rings. The number of nitrogens with zero attached hydrogens (tertiary/aromatic N) is 1. The normalized spacial score (nSPS) is 19.6. The van der Waals surface area contributed by atoms with Crippen LogP contribution in [0.25, 0.3) is 0 Å². The van der Waals surface area contributed by atoms with Crippen LogP contribution in [-0.2, 0) is 25.7 Å². The van der Waals surface area contributed by atoms with E-state index in [1.165, 1.54) is 11.0 Å². The van der Waals surface area contributed by atoms with Crippen LogP contribution >= 0.6 is 0 Å². The number of allylic oxidation sites excluding steroid dienone is 2. The number of esters is 2. The van der Waals surface area contributed by atoms with Gasteiger partial charge in [0.25, 0.3) is 0 Å². The molecule has 7 heteroatoms. The Balaban J connectivity index is 1.42. The fourth-order valence-electron chi connectivity index (χ4n) is 4.01. The molecule has 7 nitrogen and oxygen atoms in total. The Morgan fingerprint density at radius 1 is 0.875 bits per heavy atom. The number of ether oxygens (including phenoxy) is 2. The van der Waals surface area contributed by atoms with Gasteiger partial charge >= 0.3 is 11.9 Å². The zero-order valence-electron chi connectivity index (χ0n) is 17.7. The van der Waals surface area contributed by atoms with E-state index in [1.807, 2.05) is 12.2 Å². The molecular weight excluding hydrogens is 410 g/mol. The molecule has 1 aliphatic carbocycles. The molecule has 2 aromatic carbocycles. The number of fused-ring (bicyclic) bond motifs is 1. The molecule has 2 atom stereocenters. The summed E-state index contributed by atoms with van der Waals surface area (Å²) in [6.45, 7) is 2.05. The average Bonchev–Trinajstić information content (AvgIpc) is 3.08. The van der Waals surface area contributed by atoms with Crippen LogP contribution in [0, 0.1) is 11.8 Å². The lowest BCUT2D eigenvalue weighted by molar-refractivity contribution is -0.122. The first kappa shape index (κ1) is 21.5. The van der Waals surface area contributed by atoms with Crippen molar-refractivity contribution in [3.05, 3.63) is 77.4 Å². The number of carbonyl (C=O) groups is 4. The number of benzene rings is 2. The van der Waals surface area contributed by atoms with E-state index in [0.717, 1.165) is 0 Å². The van der Waals surface area contributed by atoms with Crippen LogP contribution in [0.15, 0.2) is 60.7 Å². The molecule has 1 saturated heterocycles. The van der Waals surface area contributed by atoms with Gasteiger partial charge in [0.15, 0.2) is 0 Å². The SMILES string of the molecule is CCOC(=O)c1ccc(COC(=O)c2cccc(N3C(=O)C4CC=CCC4C3=O)c2)cc1. The Bertz CT molecular complexity index is 1060. The Morgan fingerprint density at radius 3 is 2.12 bits per heavy atom. The molecule has 0 saturated carbocycles. The van der Waals surface area contributed by atoms with Crippen molar-refractivity contribution in [3.8, 4) is 0 Å². The predicted octanol–water partition coefficient (Wildman–Crippen LogP) is 3.68. The maximum atomic E-state index is 12.8. The van der Waals surface area contributed by atoms with Crippen LogP contribution in [0.1, 0.15) is 46.0 Å². The van der Waals surface area contributed by atoms with Crippen molar-refractivity contribution in [2.45, 2.75) is 26.4 Å². The highest BCUT2D eigenvalue weighted by Gasteiger charge is 2.47. The first-order valence-electron chi connectivity index (χ1n) is 10.6. The Hall–Kier alpha value is -3.74. The van der Waals surface area contributed by atoms with Crippen molar-refractivity contribution < 1.29 is 28.7 Å². The van der Waals surface area contributed by atoms with Crippen LogP contribution in [0.5, 0.6) is 0 Å². The van der Waals surface area contributed by atoms with Crippen LogP contribution in [0.2, 0.25) is 0 Å². The van der Waals surface area contributed by atoms with E-state index in [2.05, 4.69) is 0 Å². The molecular formula is C25H23NO6. The third-order valence-electron chi connectivity index (χ3n) is 5.68. The van der Waals surface area contributed by atoms with Gasteiger partial charge in [-0.2, -0.15) is 0 Å². The van der Waals surface area contributed by atoms with Gasteiger partial charge in [0.05, 0.1) is 35.3 Å². The molecule has 0 spiro atoms. The first-order valence-corrected chi connectivity index (χ1v) is 10.6. The average molecular weight is 433 g/mol. The summed E-state index contributed by atoms with van der Waals surface area (Å²) in [7, 11) is 0. The largest absolute Gasteiger partial charge is 0.462 e. The molecule has 2 aliphatic rings. The van der Waals surface area contributed by atoms with Crippen LogP contribution in [0.4, 0.5) is 5.69 Å². The fourth-order valence-corrected chi connectivity index (χ4v) is 4.01. The molecule has 0 N–H and O–H groups in total. The van der Waals surface area contributed by atoms with Gasteiger partial charge in [-0.25, -0.2) is 9.59 Å². The summed E-state index contributed by atoms with van der Waals surface area (Å²) in [5.41, 5.74) is 1.76. The first-order chi connectivity index (χ1) is 15.5. The number of imide groups is 1. The smallest absolute Gasteiger partial charge is 0.338 e. The summed E-state index contributed by atoms with van der Waals surface area (Å²) >= 11 is 0. The topological polar surface area (TPSA) is 90.0 Å². The third-order valence-corrected chi connectivity index (χ3v) is 5.68. The van der Waals surface area contributed by atoms with Gasteiger partial charge < -0.3 is 9.47 Å². The number of hydrogen-bond acceptors (Lipinski definition) is 6. The molecule has 0 aromatic heterocycles. The van der Waals surface area contributed by atoms with Crippen LogP contribution in [-0.4, -0.2) is 30.4 Å². The molecule has 1 heterocycles. The lowest BCUT2D eigenvalue weighted by atomic mass is 9.85. The Kier molecular flexibility index (Phi) is 6.16. The quantitative estimate of drug-likeness (QED) is 0.392. The van der Waals surface area contributed by atoms with E-state index < -0.39 is 11.9 Å². The van der Waals surface area contributed by atoms with Crippen LogP contribution in [0.3, 0.4) is 0 Å². The summed E-state index contributed by atoms with van der Waals surface area (Å²) in [5, 5.41) is 0. The zero-order valence-corrected chi connectivity index (χ0v) is 17.7. The second-order valence-corrected chi connectivity index (χ2v) is 7.71. The predicted molar refractivity (Wildman–Crippen MR) is 116 cm³/mol. The number of rotatable bonds is 6. The van der Waals surface area contributed by atoms with Gasteiger partial charge in [0.1, 0.15) is 6.61 Å². The lowest BCUT2D eigenvalue weighted by Crippen LogP contribution is -2.31. The summed E-state index contributed by atoms with van der Waals surface area (Å²) in [6.07, 6.45) is 4.98. The highest BCUT2D eigenvalue weighted by atomic mass is 16.5. The van der Waals surface area contributed by atoms with Gasteiger partial charge in [-0.3, -0.25) is 14.5 Å². The Morgan fingerprint density at radius 2 is 1.50 bits per heavy atom. The molecule has 2 aromatic rings. The lowest BCUT2D eigenvalue weighted by Gasteiger charge is -2.15. The second kappa shape index (κ2) is 9.18. The van der Waals surface area contributed by atoms with E-state index >= 15 is 0 Å². The molecule has 4 rings (SSSR count). The standard InChI is InChI=1S/C25H23NO6/c1-2-31-24(29)17-12-10-16(11-13-17)15-32-25(30)18-6-5-7-19(14-18)26-22(27)20-8-3-4-9-21(20)23(26)28/h3-7,10-14,20-21H,2,8-9,15H2,1H3. The number of carbonyl (C=O) groups excluding carboxylic acids is 4. The van der Waals surface area contributed by atoms with Gasteiger partial charge in [-0.1, -0.05) is 30.4 Å². The monoisotopic (exact) mass is 433 g/mol. The molecule has 0 radical (unpaired) electrons. The van der Waals surface area contributed by atoms with Crippen molar-refractivity contribution >= 4 is 29.4 Å². The molecule has 2 unspecified atom stereocenters. The fraction of sp³-hybridized carbons (Fsp3) is 0.280. The minimum absolute atomic E-state index is 0.0174. The summed E-state index contributed by atoms with van der Waals surface area (Å²) in [4.78, 5) is 51.0. The highest BCUT2D eigenvalue weighted by molar-refractivity contribution is 6.22. The Labute approximate surface area is 185 Å². The van der Waals surface area contributed by atoms with Crippen molar-refractivity contribution in [3.63, 3.8) is 0 Å². The summed E-state index contributed by atoms with van der Waals surface area (Å²) in [6, 6.07) is 13.0. The van der Waals surface area contributed by atoms with Gasteiger partial charge in [-0.15, -0.1) is 0 Å². The zero-order chi connectivity index (χ0) is 22.7. The maximum absolute atomic E-state index is 12.8. The summed E-state index contributed by atoms with van der Waals surface area (Å²) < 4.78 is 10.3. The maximum Gasteiger partial charge on any atom is 0.338 e. The van der Waals surface area contributed by atoms with E-state index in [9.17, 15) is 19.2 Å². The number of anilines is 1. The number of hydrogen-bond donors (Lipinski definition) is 0. The highest BCUT2D eigenvalue weighted by Crippen LogP contribution is 2.37. The van der Waals surface area contributed by atoms with E-state index in [-0.39, 0.29) is 35.8 Å². The van der Waals surface area contributed by atoms with Gasteiger partial charge in [-0.05, 0) is 55.7 Å². The van der Waals surface area contributed by atoms with Crippen molar-refractivity contribution in [1.82, 2.24) is 0 Å². The molecule has 1 aliphatic heterocycles. The van der Waals surface area contributed by atoms with E-state index in [4.69, 9.17) is 9.47 Å². The van der Waals surface area contributed by atoms with Crippen LogP contribution < -0.4 is 4.90 Å². The molecule has 0 bridgehead atoms. The number of amides is 2. The minimum Gasteiger partial charge on any atom is -0.462 e. The third kappa shape index (κ3) is 4.19. The summed E-state index contributed by atoms with van der Waals surface area (Å²) in [5.74, 6) is -2.09. The molecule has 164 valence electrons. The van der Waals surface area contributed by atoms with E-state index in [0.29, 0.717) is 36.3 Å². The van der Waals surface area contributed by atoms with Gasteiger partial charge in [0, 0.05) is 0 Å². The van der Waals surface area contributed by atoms with Crippen molar-refractivity contribution in [2.75, 3.05) is 11.5 Å². The second-order valence-electron chi connectivity index (χ2n) is 7.71. The molecule has 2 amide bonds.